The average Bonchev–Trinajstić information content (AvgIpc) is 2.69. The monoisotopic (exact) mass is 318 g/mol. The second-order valence-electron chi connectivity index (χ2n) is 6.37. The molecular formula is C14H26N2O4S. The van der Waals surface area contributed by atoms with E-state index in [0.29, 0.717) is 19.5 Å². The van der Waals surface area contributed by atoms with E-state index in [-0.39, 0.29) is 17.5 Å². The molecule has 1 rings (SSSR count). The first-order chi connectivity index (χ1) is 9.53. The molecule has 0 saturated carbocycles. The summed E-state index contributed by atoms with van der Waals surface area (Å²) in [6, 6.07) is -0.380. The van der Waals surface area contributed by atoms with E-state index >= 15 is 0 Å². The fourth-order valence-corrected chi connectivity index (χ4v) is 4.48. The summed E-state index contributed by atoms with van der Waals surface area (Å²) in [6.07, 6.45) is 0.414. The Morgan fingerprint density at radius 2 is 1.67 bits per heavy atom. The number of amides is 2. The molecule has 0 bridgehead atoms. The molecule has 1 saturated heterocycles. The zero-order chi connectivity index (χ0) is 16.4. The molecule has 6 nitrogen and oxygen atoms in total. The number of carbonyl (C=O) groups is 2. The van der Waals surface area contributed by atoms with E-state index in [1.165, 1.54) is 9.80 Å². The molecule has 0 aromatic carbocycles. The summed E-state index contributed by atoms with van der Waals surface area (Å²) < 4.78 is 23.1. The van der Waals surface area contributed by atoms with Gasteiger partial charge in [0.25, 0.3) is 0 Å². The predicted octanol–water partition coefficient (Wildman–Crippen LogP) is 0.669. The molecule has 1 atom stereocenters. The van der Waals surface area contributed by atoms with Gasteiger partial charge in [-0.2, -0.15) is 0 Å². The summed E-state index contributed by atoms with van der Waals surface area (Å²) in [5, 5.41) is 0. The van der Waals surface area contributed by atoms with Crippen molar-refractivity contribution in [3.8, 4) is 0 Å². The average molecular weight is 318 g/mol. The maximum absolute atomic E-state index is 12.5. The molecule has 1 aliphatic rings. The van der Waals surface area contributed by atoms with Crippen molar-refractivity contribution in [2.45, 2.75) is 52.6 Å². The molecule has 1 heterocycles. The number of sulfone groups is 1. The maximum atomic E-state index is 12.5. The third-order valence-corrected chi connectivity index (χ3v) is 5.56. The molecule has 2 amide bonds. The lowest BCUT2D eigenvalue weighted by Crippen LogP contribution is -2.54. The standard InChI is InChI=1S/C14H26N2O4S/c1-6-15(11-8-9-21(19,20)10-11)12(17)13(18)16(7-2)14(3,4)5/h11H,6-10H2,1-5H3. The SMILES string of the molecule is CCN(C(=O)C(=O)N(CC)C(C)(C)C)C1CCS(=O)(=O)C1. The molecule has 7 heteroatoms. The Morgan fingerprint density at radius 1 is 1.10 bits per heavy atom. The molecule has 122 valence electrons. The molecule has 0 aliphatic carbocycles. The van der Waals surface area contributed by atoms with Crippen molar-refractivity contribution in [2.24, 2.45) is 0 Å². The van der Waals surface area contributed by atoms with Gasteiger partial charge in [-0.05, 0) is 41.0 Å². The third-order valence-electron chi connectivity index (χ3n) is 3.80. The molecule has 1 fully saturated rings. The highest BCUT2D eigenvalue weighted by Crippen LogP contribution is 2.20. The fraction of sp³-hybridized carbons (Fsp3) is 0.857. The molecule has 0 N–H and O–H groups in total. The number of hydrogen-bond donors (Lipinski definition) is 0. The zero-order valence-electron chi connectivity index (χ0n) is 13.5. The summed E-state index contributed by atoms with van der Waals surface area (Å²) in [5.74, 6) is -1.11. The van der Waals surface area contributed by atoms with Crippen LogP contribution in [0.3, 0.4) is 0 Å². The molecule has 0 aromatic heterocycles. The summed E-state index contributed by atoms with van der Waals surface area (Å²) in [6.45, 7) is 9.99. The van der Waals surface area contributed by atoms with Crippen LogP contribution in [0.2, 0.25) is 0 Å². The largest absolute Gasteiger partial charge is 0.331 e. The zero-order valence-corrected chi connectivity index (χ0v) is 14.4. The van der Waals surface area contributed by atoms with Crippen LogP contribution >= 0.6 is 0 Å². The van der Waals surface area contributed by atoms with Gasteiger partial charge >= 0.3 is 11.8 Å². The first-order valence-electron chi connectivity index (χ1n) is 7.36. The second-order valence-corrected chi connectivity index (χ2v) is 8.60. The van der Waals surface area contributed by atoms with Crippen LogP contribution < -0.4 is 0 Å². The quantitative estimate of drug-likeness (QED) is 0.717. The summed E-state index contributed by atoms with van der Waals surface area (Å²) in [7, 11) is -3.08. The first kappa shape index (κ1) is 17.9. The van der Waals surface area contributed by atoms with Gasteiger partial charge in [0.05, 0.1) is 11.5 Å². The molecule has 1 aliphatic heterocycles. The lowest BCUT2D eigenvalue weighted by atomic mass is 10.1. The van der Waals surface area contributed by atoms with Gasteiger partial charge in [0.2, 0.25) is 0 Å². The molecule has 1 unspecified atom stereocenters. The van der Waals surface area contributed by atoms with Gasteiger partial charge in [0.1, 0.15) is 0 Å². The van der Waals surface area contributed by atoms with Gasteiger partial charge in [-0.3, -0.25) is 9.59 Å². The van der Waals surface area contributed by atoms with Crippen LogP contribution in [-0.2, 0) is 19.4 Å². The highest BCUT2D eigenvalue weighted by Gasteiger charge is 2.38. The minimum Gasteiger partial charge on any atom is -0.331 e. The van der Waals surface area contributed by atoms with Gasteiger partial charge in [0, 0.05) is 24.7 Å². The molecule has 0 spiro atoms. The highest BCUT2D eigenvalue weighted by atomic mass is 32.2. The van der Waals surface area contributed by atoms with Crippen molar-refractivity contribution in [1.82, 2.24) is 9.80 Å². The van der Waals surface area contributed by atoms with Crippen LogP contribution in [0.25, 0.3) is 0 Å². The minimum absolute atomic E-state index is 0.0402. The Kier molecular flexibility index (Phi) is 5.41. The number of nitrogens with zero attached hydrogens (tertiary/aromatic N) is 2. The van der Waals surface area contributed by atoms with Crippen molar-refractivity contribution in [1.29, 1.82) is 0 Å². The predicted molar refractivity (Wildman–Crippen MR) is 81.6 cm³/mol. The van der Waals surface area contributed by atoms with Crippen molar-refractivity contribution in [3.05, 3.63) is 0 Å². The van der Waals surface area contributed by atoms with E-state index in [1.54, 1.807) is 6.92 Å². The molecule has 0 radical (unpaired) electrons. The van der Waals surface area contributed by atoms with Gasteiger partial charge in [-0.25, -0.2) is 8.42 Å². The number of rotatable bonds is 3. The van der Waals surface area contributed by atoms with Crippen LogP contribution in [0.1, 0.15) is 41.0 Å². The molecule has 0 aromatic rings. The highest BCUT2D eigenvalue weighted by molar-refractivity contribution is 7.91. The van der Waals surface area contributed by atoms with Crippen molar-refractivity contribution in [2.75, 3.05) is 24.6 Å². The van der Waals surface area contributed by atoms with Crippen LogP contribution in [0.4, 0.5) is 0 Å². The molecule has 21 heavy (non-hydrogen) atoms. The van der Waals surface area contributed by atoms with E-state index in [9.17, 15) is 18.0 Å². The van der Waals surface area contributed by atoms with Crippen LogP contribution in [0.15, 0.2) is 0 Å². The van der Waals surface area contributed by atoms with E-state index in [1.807, 2.05) is 27.7 Å². The Balaban J connectivity index is 2.91. The van der Waals surface area contributed by atoms with Gasteiger partial charge in [0.15, 0.2) is 9.84 Å². The van der Waals surface area contributed by atoms with Crippen LogP contribution in [0, 0.1) is 0 Å². The third kappa shape index (κ3) is 4.18. The van der Waals surface area contributed by atoms with E-state index < -0.39 is 27.2 Å². The summed E-state index contributed by atoms with van der Waals surface area (Å²) in [4.78, 5) is 27.8. The van der Waals surface area contributed by atoms with E-state index in [2.05, 4.69) is 0 Å². The summed E-state index contributed by atoms with van der Waals surface area (Å²) >= 11 is 0. The Labute approximate surface area is 127 Å². The van der Waals surface area contributed by atoms with E-state index in [0.717, 1.165) is 0 Å². The smallest absolute Gasteiger partial charge is 0.312 e. The second kappa shape index (κ2) is 6.34. The lowest BCUT2D eigenvalue weighted by Gasteiger charge is -2.36. The normalized spacial score (nSPS) is 21.1. The molecular weight excluding hydrogens is 292 g/mol. The van der Waals surface area contributed by atoms with Crippen molar-refractivity contribution >= 4 is 21.7 Å². The van der Waals surface area contributed by atoms with Crippen LogP contribution in [-0.4, -0.2) is 66.2 Å². The summed E-state index contributed by atoms with van der Waals surface area (Å²) in [5.41, 5.74) is -0.442. The first-order valence-corrected chi connectivity index (χ1v) is 9.18. The maximum Gasteiger partial charge on any atom is 0.312 e. The Hall–Kier alpha value is -1.11. The minimum atomic E-state index is -3.08. The van der Waals surface area contributed by atoms with Crippen LogP contribution in [0.5, 0.6) is 0 Å². The fourth-order valence-electron chi connectivity index (χ4n) is 2.75. The van der Waals surface area contributed by atoms with Gasteiger partial charge < -0.3 is 9.80 Å². The number of likely N-dealkylation sites (N-methyl/N-ethyl adjacent to an activating group) is 2. The van der Waals surface area contributed by atoms with Gasteiger partial charge in [-0.15, -0.1) is 0 Å². The van der Waals surface area contributed by atoms with Crippen molar-refractivity contribution < 1.29 is 18.0 Å². The number of carbonyl (C=O) groups excluding carboxylic acids is 2. The van der Waals surface area contributed by atoms with E-state index in [4.69, 9.17) is 0 Å². The lowest BCUT2D eigenvalue weighted by molar-refractivity contribution is -0.155. The number of hydrogen-bond acceptors (Lipinski definition) is 4. The Bertz CT molecular complexity index is 508. The Morgan fingerprint density at radius 3 is 2.00 bits per heavy atom. The van der Waals surface area contributed by atoms with Crippen molar-refractivity contribution in [3.63, 3.8) is 0 Å². The van der Waals surface area contributed by atoms with Gasteiger partial charge in [-0.1, -0.05) is 0 Å². The topological polar surface area (TPSA) is 74.8 Å².